The maximum atomic E-state index is 13.5. The van der Waals surface area contributed by atoms with Gasteiger partial charge >= 0.3 is 5.97 Å². The van der Waals surface area contributed by atoms with Gasteiger partial charge in [-0.2, -0.15) is 5.10 Å². The molecule has 0 aliphatic heterocycles. The molecule has 11 heteroatoms. The van der Waals surface area contributed by atoms with Crippen molar-refractivity contribution in [3.05, 3.63) is 69.6 Å². The number of nitrogens with zero attached hydrogens (tertiary/aromatic N) is 3. The lowest BCUT2D eigenvalue weighted by atomic mass is 9.71. The number of aliphatic carboxylic acids is 1. The number of rotatable bonds is 9. The molecule has 2 amide bonds. The highest BCUT2D eigenvalue weighted by Crippen LogP contribution is 2.38. The van der Waals surface area contributed by atoms with Crippen molar-refractivity contribution in [3.8, 4) is 11.3 Å². The number of carbonyl (C=O) groups excluding carboxylic acids is 2. The lowest BCUT2D eigenvalue weighted by Crippen LogP contribution is -2.40. The van der Waals surface area contributed by atoms with Gasteiger partial charge in [0.2, 0.25) is 0 Å². The molecule has 3 N–H and O–H groups in total. The molecule has 218 valence electrons. The highest BCUT2D eigenvalue weighted by atomic mass is 35.5. The van der Waals surface area contributed by atoms with Gasteiger partial charge in [0.05, 0.1) is 40.0 Å². The van der Waals surface area contributed by atoms with E-state index in [0.717, 1.165) is 31.2 Å². The second-order valence-corrected chi connectivity index (χ2v) is 12.3. The van der Waals surface area contributed by atoms with Gasteiger partial charge in [0, 0.05) is 24.3 Å². The summed E-state index contributed by atoms with van der Waals surface area (Å²) in [6.07, 6.45) is 5.26. The van der Waals surface area contributed by atoms with Crippen LogP contribution in [0.4, 0.5) is 0 Å². The summed E-state index contributed by atoms with van der Waals surface area (Å²) in [6, 6.07) is 10.3. The molecule has 3 aromatic rings. The third-order valence-electron chi connectivity index (χ3n) is 7.54. The van der Waals surface area contributed by atoms with E-state index in [2.05, 4.69) is 36.4 Å². The van der Waals surface area contributed by atoms with E-state index in [0.29, 0.717) is 38.6 Å². The van der Waals surface area contributed by atoms with Crippen LogP contribution < -0.4 is 10.6 Å². The summed E-state index contributed by atoms with van der Waals surface area (Å²) in [7, 11) is 0. The lowest BCUT2D eigenvalue weighted by molar-refractivity contribution is -0.136. The van der Waals surface area contributed by atoms with Crippen molar-refractivity contribution in [2.45, 2.75) is 65.5 Å². The van der Waals surface area contributed by atoms with Gasteiger partial charge in [0.15, 0.2) is 0 Å². The van der Waals surface area contributed by atoms with Crippen molar-refractivity contribution in [1.29, 1.82) is 0 Å². The molecule has 2 aromatic heterocycles. The molecular weight excluding hydrogens is 565 g/mol. The second kappa shape index (κ2) is 13.0. The number of nitrogens with one attached hydrogen (secondary N) is 2. The molecule has 1 fully saturated rings. The van der Waals surface area contributed by atoms with Crippen molar-refractivity contribution in [1.82, 2.24) is 25.4 Å². The van der Waals surface area contributed by atoms with Crippen molar-refractivity contribution in [3.63, 3.8) is 0 Å². The Morgan fingerprint density at radius 1 is 1.00 bits per heavy atom. The number of carboxylic acids is 1. The van der Waals surface area contributed by atoms with Crippen molar-refractivity contribution >= 4 is 41.0 Å². The highest BCUT2D eigenvalue weighted by molar-refractivity contribution is 6.42. The van der Waals surface area contributed by atoms with Crippen molar-refractivity contribution in [2.75, 3.05) is 6.54 Å². The Morgan fingerprint density at radius 3 is 2.34 bits per heavy atom. The second-order valence-electron chi connectivity index (χ2n) is 11.5. The summed E-state index contributed by atoms with van der Waals surface area (Å²) in [4.78, 5) is 40.9. The Balaban J connectivity index is 1.52. The van der Waals surface area contributed by atoms with Gasteiger partial charge in [-0.15, -0.1) is 0 Å². The number of hydrogen-bond acceptors (Lipinski definition) is 5. The van der Waals surface area contributed by atoms with Crippen LogP contribution in [0.2, 0.25) is 10.0 Å². The van der Waals surface area contributed by atoms with Crippen LogP contribution in [0.15, 0.2) is 42.6 Å². The minimum absolute atomic E-state index is 0.0248. The van der Waals surface area contributed by atoms with Gasteiger partial charge < -0.3 is 15.7 Å². The van der Waals surface area contributed by atoms with Crippen molar-refractivity contribution < 1.29 is 19.5 Å². The minimum Gasteiger partial charge on any atom is -0.481 e. The quantitative estimate of drug-likeness (QED) is 0.283. The van der Waals surface area contributed by atoms with Crippen LogP contribution in [0.3, 0.4) is 0 Å². The molecule has 0 spiro atoms. The molecule has 1 aliphatic carbocycles. The monoisotopic (exact) mass is 599 g/mol. The third-order valence-corrected chi connectivity index (χ3v) is 8.28. The summed E-state index contributed by atoms with van der Waals surface area (Å²) in [5.74, 6) is -0.976. The molecule has 1 aliphatic rings. The average molecular weight is 601 g/mol. The van der Waals surface area contributed by atoms with E-state index in [-0.39, 0.29) is 36.9 Å². The SMILES string of the molecule is CC(C)(C)C1CCC(NC(=O)c2cc(-c3ccc(Cl)c(Cl)c3)nn2Cc2ccc(C(=O)NCCC(=O)O)cn2)CC1. The normalized spacial score (nSPS) is 17.2. The predicted octanol–water partition coefficient (Wildman–Crippen LogP) is 5.84. The number of halogens is 2. The molecule has 4 rings (SSSR count). The zero-order chi connectivity index (χ0) is 29.7. The Bertz CT molecular complexity index is 1410. The first-order valence-electron chi connectivity index (χ1n) is 13.7. The fourth-order valence-corrected chi connectivity index (χ4v) is 5.37. The number of carbonyl (C=O) groups is 3. The predicted molar refractivity (Wildman–Crippen MR) is 158 cm³/mol. The number of benzene rings is 1. The van der Waals surface area contributed by atoms with Crippen LogP contribution in [-0.2, 0) is 11.3 Å². The zero-order valence-corrected chi connectivity index (χ0v) is 24.9. The van der Waals surface area contributed by atoms with E-state index in [9.17, 15) is 14.4 Å². The largest absolute Gasteiger partial charge is 0.481 e. The molecule has 0 unspecified atom stereocenters. The maximum Gasteiger partial charge on any atom is 0.305 e. The molecule has 1 saturated carbocycles. The van der Waals surface area contributed by atoms with E-state index < -0.39 is 11.9 Å². The van der Waals surface area contributed by atoms with Gasteiger partial charge in [-0.3, -0.25) is 24.0 Å². The minimum atomic E-state index is -0.990. The van der Waals surface area contributed by atoms with Crippen LogP contribution in [0, 0.1) is 11.3 Å². The summed E-state index contributed by atoms with van der Waals surface area (Å²) in [6.45, 7) is 7.03. The number of amides is 2. The molecule has 9 nitrogen and oxygen atoms in total. The third kappa shape index (κ3) is 8.07. The van der Waals surface area contributed by atoms with Crippen LogP contribution in [0.1, 0.15) is 79.4 Å². The maximum absolute atomic E-state index is 13.5. The fourth-order valence-electron chi connectivity index (χ4n) is 5.07. The van der Waals surface area contributed by atoms with E-state index in [1.165, 1.54) is 6.20 Å². The van der Waals surface area contributed by atoms with Gasteiger partial charge in [-0.05, 0) is 67.3 Å². The zero-order valence-electron chi connectivity index (χ0n) is 23.4. The van der Waals surface area contributed by atoms with Gasteiger partial charge in [0.25, 0.3) is 11.8 Å². The van der Waals surface area contributed by atoms with Gasteiger partial charge in [-0.1, -0.05) is 50.0 Å². The smallest absolute Gasteiger partial charge is 0.305 e. The lowest BCUT2D eigenvalue weighted by Gasteiger charge is -2.37. The first kappa shape index (κ1) is 30.5. The first-order chi connectivity index (χ1) is 19.4. The van der Waals surface area contributed by atoms with Gasteiger partial charge in [-0.25, -0.2) is 0 Å². The van der Waals surface area contributed by atoms with Crippen LogP contribution in [-0.4, -0.2) is 50.2 Å². The molecule has 0 atom stereocenters. The van der Waals surface area contributed by atoms with E-state index in [1.54, 1.807) is 41.1 Å². The number of hydrogen-bond donors (Lipinski definition) is 3. The Labute approximate surface area is 249 Å². The summed E-state index contributed by atoms with van der Waals surface area (Å²) in [5.41, 5.74) is 2.83. The molecule has 2 heterocycles. The van der Waals surface area contributed by atoms with Crippen molar-refractivity contribution in [2.24, 2.45) is 11.3 Å². The topological polar surface area (TPSA) is 126 Å². The number of carboxylic acid groups (broad SMARTS) is 1. The van der Waals surface area contributed by atoms with E-state index in [1.807, 2.05) is 0 Å². The fraction of sp³-hybridized carbons (Fsp3) is 0.433. The Kier molecular flexibility index (Phi) is 9.71. The summed E-state index contributed by atoms with van der Waals surface area (Å²) < 4.78 is 1.60. The Morgan fingerprint density at radius 2 is 1.73 bits per heavy atom. The average Bonchev–Trinajstić information content (AvgIpc) is 3.34. The van der Waals surface area contributed by atoms with Gasteiger partial charge in [0.1, 0.15) is 5.69 Å². The standard InChI is InChI=1S/C30H35Cl2N5O4/c1-30(2,3)20-6-9-21(10-7-20)35-29(41)26-15-25(18-5-11-23(31)24(32)14-18)36-37(26)17-22-8-4-19(16-34-22)28(40)33-13-12-27(38)39/h4-5,8,11,14-16,20-21H,6-7,9-10,12-13,17H2,1-3H3,(H,33,40)(H,35,41)(H,38,39). The van der Waals surface area contributed by atoms with Crippen LogP contribution in [0.25, 0.3) is 11.3 Å². The molecule has 41 heavy (non-hydrogen) atoms. The van der Waals surface area contributed by atoms with Crippen LogP contribution in [0.5, 0.6) is 0 Å². The summed E-state index contributed by atoms with van der Waals surface area (Å²) >= 11 is 12.3. The molecule has 1 aromatic carbocycles. The van der Waals surface area contributed by atoms with E-state index in [4.69, 9.17) is 33.4 Å². The summed E-state index contributed by atoms with van der Waals surface area (Å²) in [5, 5.41) is 20.0. The Hall–Kier alpha value is -3.43. The number of aromatic nitrogens is 3. The van der Waals surface area contributed by atoms with Crippen LogP contribution >= 0.6 is 23.2 Å². The highest BCUT2D eigenvalue weighted by Gasteiger charge is 2.31. The molecule has 0 bridgehead atoms. The molecule has 0 radical (unpaired) electrons. The van der Waals surface area contributed by atoms with E-state index >= 15 is 0 Å². The number of pyridine rings is 1. The molecule has 0 saturated heterocycles. The molecular formula is C30H35Cl2N5O4. The first-order valence-corrected chi connectivity index (χ1v) is 14.5.